The Balaban J connectivity index is 2.60. The number of benzene rings is 1. The molecule has 0 unspecified atom stereocenters. The van der Waals surface area contributed by atoms with Gasteiger partial charge in [-0.1, -0.05) is 18.2 Å². The summed E-state index contributed by atoms with van der Waals surface area (Å²) < 4.78 is 4.99. The fraction of sp³-hybridized carbons (Fsp3) is 0.222. The molecule has 0 amide bonds. The lowest BCUT2D eigenvalue weighted by Gasteiger charge is -1.99. The first-order valence-corrected chi connectivity index (χ1v) is 3.59. The van der Waals surface area contributed by atoms with Crippen LogP contribution in [-0.2, 0) is 4.74 Å². The summed E-state index contributed by atoms with van der Waals surface area (Å²) in [5, 5.41) is 0. The Morgan fingerprint density at radius 1 is 1.36 bits per heavy atom. The van der Waals surface area contributed by atoms with Crippen LogP contribution >= 0.6 is 0 Å². The highest BCUT2D eigenvalue weighted by molar-refractivity contribution is 5.93. The Morgan fingerprint density at radius 2 is 2.09 bits per heavy atom. The van der Waals surface area contributed by atoms with Crippen molar-refractivity contribution < 1.29 is 9.53 Å². The second-order valence-corrected chi connectivity index (χ2v) is 2.63. The third kappa shape index (κ3) is 0.827. The average molecular weight is 148 g/mol. The minimum absolute atomic E-state index is 0.0706. The molecule has 2 heteroatoms. The van der Waals surface area contributed by atoms with Crippen LogP contribution in [0.4, 0.5) is 0 Å². The monoisotopic (exact) mass is 148 g/mol. The van der Waals surface area contributed by atoms with Crippen molar-refractivity contribution in [2.75, 3.05) is 0 Å². The molecule has 0 N–H and O–H groups in total. The fourth-order valence-electron chi connectivity index (χ4n) is 1.32. The van der Waals surface area contributed by atoms with E-state index in [-0.39, 0.29) is 12.1 Å². The van der Waals surface area contributed by atoms with Gasteiger partial charge in [0, 0.05) is 5.56 Å². The SMILES string of the molecule is C[C@H]1OC(=O)c2ccccc21. The second-order valence-electron chi connectivity index (χ2n) is 2.63. The van der Waals surface area contributed by atoms with Gasteiger partial charge in [0.1, 0.15) is 6.10 Å². The number of ether oxygens (including phenoxy) is 1. The number of carbonyl (C=O) groups is 1. The van der Waals surface area contributed by atoms with Crippen LogP contribution in [0.1, 0.15) is 28.9 Å². The lowest BCUT2D eigenvalue weighted by Crippen LogP contribution is -1.93. The van der Waals surface area contributed by atoms with Gasteiger partial charge in [0.25, 0.3) is 0 Å². The van der Waals surface area contributed by atoms with E-state index in [2.05, 4.69) is 0 Å². The van der Waals surface area contributed by atoms with Crippen molar-refractivity contribution in [3.63, 3.8) is 0 Å². The van der Waals surface area contributed by atoms with Crippen LogP contribution in [0, 0.1) is 0 Å². The van der Waals surface area contributed by atoms with E-state index in [4.69, 9.17) is 4.74 Å². The molecule has 0 bridgehead atoms. The molecule has 2 nitrogen and oxygen atoms in total. The molecule has 56 valence electrons. The summed E-state index contributed by atoms with van der Waals surface area (Å²) in [6, 6.07) is 7.47. The van der Waals surface area contributed by atoms with Gasteiger partial charge in [0.2, 0.25) is 0 Å². The van der Waals surface area contributed by atoms with Crippen LogP contribution in [0.25, 0.3) is 0 Å². The van der Waals surface area contributed by atoms with Crippen molar-refractivity contribution in [1.29, 1.82) is 0 Å². The highest BCUT2D eigenvalue weighted by Gasteiger charge is 2.26. The van der Waals surface area contributed by atoms with Gasteiger partial charge in [-0.25, -0.2) is 4.79 Å². The molecule has 11 heavy (non-hydrogen) atoms. The molecule has 0 saturated heterocycles. The Morgan fingerprint density at radius 3 is 2.82 bits per heavy atom. The number of cyclic esters (lactones) is 1. The molecule has 0 spiro atoms. The molecular formula is C9H8O2. The van der Waals surface area contributed by atoms with Gasteiger partial charge in [-0.3, -0.25) is 0 Å². The molecule has 2 rings (SSSR count). The van der Waals surface area contributed by atoms with Crippen LogP contribution in [0.2, 0.25) is 0 Å². The summed E-state index contributed by atoms with van der Waals surface area (Å²) in [7, 11) is 0. The fourth-order valence-corrected chi connectivity index (χ4v) is 1.32. The molecule has 1 atom stereocenters. The van der Waals surface area contributed by atoms with Gasteiger partial charge >= 0.3 is 5.97 Å². The maximum Gasteiger partial charge on any atom is 0.339 e. The lowest BCUT2D eigenvalue weighted by atomic mass is 10.1. The smallest absolute Gasteiger partial charge is 0.339 e. The van der Waals surface area contributed by atoms with Crippen molar-refractivity contribution in [2.45, 2.75) is 13.0 Å². The van der Waals surface area contributed by atoms with Crippen LogP contribution in [-0.4, -0.2) is 5.97 Å². The summed E-state index contributed by atoms with van der Waals surface area (Å²) in [5.41, 5.74) is 1.71. The van der Waals surface area contributed by atoms with E-state index >= 15 is 0 Å². The molecule has 0 aliphatic carbocycles. The quantitative estimate of drug-likeness (QED) is 0.525. The zero-order valence-electron chi connectivity index (χ0n) is 6.20. The van der Waals surface area contributed by atoms with E-state index in [0.717, 1.165) is 5.56 Å². The highest BCUT2D eigenvalue weighted by Crippen LogP contribution is 2.29. The number of hydrogen-bond donors (Lipinski definition) is 0. The number of hydrogen-bond acceptors (Lipinski definition) is 2. The van der Waals surface area contributed by atoms with Crippen molar-refractivity contribution in [3.05, 3.63) is 35.4 Å². The maximum absolute atomic E-state index is 11.1. The molecular weight excluding hydrogens is 140 g/mol. The van der Waals surface area contributed by atoms with E-state index in [0.29, 0.717) is 5.56 Å². The van der Waals surface area contributed by atoms with Crippen LogP contribution in [0.3, 0.4) is 0 Å². The van der Waals surface area contributed by atoms with Crippen LogP contribution in [0.5, 0.6) is 0 Å². The van der Waals surface area contributed by atoms with Gasteiger partial charge in [-0.2, -0.15) is 0 Å². The number of fused-ring (bicyclic) bond motifs is 1. The Kier molecular flexibility index (Phi) is 1.22. The third-order valence-corrected chi connectivity index (χ3v) is 1.90. The highest BCUT2D eigenvalue weighted by atomic mass is 16.5. The number of esters is 1. The lowest BCUT2D eigenvalue weighted by molar-refractivity contribution is 0.0422. The summed E-state index contributed by atoms with van der Waals surface area (Å²) in [5.74, 6) is -0.201. The third-order valence-electron chi connectivity index (χ3n) is 1.90. The molecule has 1 aliphatic rings. The predicted molar refractivity (Wildman–Crippen MR) is 40.3 cm³/mol. The van der Waals surface area contributed by atoms with Crippen molar-refractivity contribution in [2.24, 2.45) is 0 Å². The van der Waals surface area contributed by atoms with Crippen LogP contribution < -0.4 is 0 Å². The second kappa shape index (κ2) is 2.09. The predicted octanol–water partition coefficient (Wildman–Crippen LogP) is 1.92. The van der Waals surface area contributed by atoms with E-state index < -0.39 is 0 Å². The van der Waals surface area contributed by atoms with Crippen molar-refractivity contribution in [1.82, 2.24) is 0 Å². The Bertz CT molecular complexity index is 304. The zero-order chi connectivity index (χ0) is 7.84. The number of rotatable bonds is 0. The molecule has 1 heterocycles. The van der Waals surface area contributed by atoms with Gasteiger partial charge in [-0.05, 0) is 13.0 Å². The molecule has 0 fully saturated rings. The summed E-state index contributed by atoms with van der Waals surface area (Å²) in [6.45, 7) is 1.88. The van der Waals surface area contributed by atoms with Gasteiger partial charge in [0.05, 0.1) is 5.56 Å². The first-order valence-electron chi connectivity index (χ1n) is 3.59. The molecule has 1 aromatic carbocycles. The average Bonchev–Trinajstić information content (AvgIpc) is 2.30. The van der Waals surface area contributed by atoms with E-state index in [9.17, 15) is 4.79 Å². The standard InChI is InChI=1S/C9H8O2/c1-6-7-4-2-3-5-8(7)9(10)11-6/h2-6H,1H3/t6-/m1/s1. The van der Waals surface area contributed by atoms with Crippen molar-refractivity contribution in [3.8, 4) is 0 Å². The molecule has 1 aliphatic heterocycles. The van der Waals surface area contributed by atoms with Gasteiger partial charge < -0.3 is 4.74 Å². The van der Waals surface area contributed by atoms with E-state index in [1.165, 1.54) is 0 Å². The van der Waals surface area contributed by atoms with Crippen molar-refractivity contribution >= 4 is 5.97 Å². The topological polar surface area (TPSA) is 26.3 Å². The summed E-state index contributed by atoms with van der Waals surface area (Å²) >= 11 is 0. The maximum atomic E-state index is 11.1. The zero-order valence-corrected chi connectivity index (χ0v) is 6.20. The first kappa shape index (κ1) is 6.40. The number of carbonyl (C=O) groups excluding carboxylic acids is 1. The normalized spacial score (nSPS) is 21.2. The van der Waals surface area contributed by atoms with Gasteiger partial charge in [0.15, 0.2) is 0 Å². The van der Waals surface area contributed by atoms with E-state index in [1.54, 1.807) is 6.07 Å². The summed E-state index contributed by atoms with van der Waals surface area (Å²) in [4.78, 5) is 11.1. The summed E-state index contributed by atoms with van der Waals surface area (Å²) in [6.07, 6.45) is -0.0706. The largest absolute Gasteiger partial charge is 0.454 e. The molecule has 0 saturated carbocycles. The first-order chi connectivity index (χ1) is 5.29. The van der Waals surface area contributed by atoms with E-state index in [1.807, 2.05) is 25.1 Å². The molecule has 1 aromatic rings. The molecule has 0 aromatic heterocycles. The van der Waals surface area contributed by atoms with Crippen LogP contribution in [0.15, 0.2) is 24.3 Å². The van der Waals surface area contributed by atoms with Gasteiger partial charge in [-0.15, -0.1) is 0 Å². The Labute approximate surface area is 64.8 Å². The Hall–Kier alpha value is -1.31. The molecule has 0 radical (unpaired) electrons. The minimum Gasteiger partial charge on any atom is -0.454 e. The minimum atomic E-state index is -0.201.